The van der Waals surface area contributed by atoms with Gasteiger partial charge in [0.2, 0.25) is 0 Å². The molecule has 0 bridgehead atoms. The summed E-state index contributed by atoms with van der Waals surface area (Å²) in [6, 6.07) is 0. The Morgan fingerprint density at radius 1 is 0.468 bits per heavy atom. The van der Waals surface area contributed by atoms with Gasteiger partial charge in [-0.1, -0.05) is 41.5 Å². The first-order chi connectivity index (χ1) is 20.4. The first kappa shape index (κ1) is 48.9. The molecule has 6 N–H and O–H groups in total. The topological polar surface area (TPSA) is 224 Å². The molecule has 47 heavy (non-hydrogen) atoms. The molecule has 0 aliphatic heterocycles. The third-order valence-electron chi connectivity index (χ3n) is 11.7. The van der Waals surface area contributed by atoms with Crippen LogP contribution in [0.1, 0.15) is 80.1 Å². The first-order valence-electron chi connectivity index (χ1n) is 14.4. The van der Waals surface area contributed by atoms with Crippen LogP contribution in [0.2, 0.25) is 0 Å². The summed E-state index contributed by atoms with van der Waals surface area (Å²) in [7, 11) is 0. The Kier molecular flexibility index (Phi) is 18.5. The van der Waals surface area contributed by atoms with E-state index < -0.39 is 106 Å². The van der Waals surface area contributed by atoms with Gasteiger partial charge in [-0.25, -0.2) is 13.2 Å². The van der Waals surface area contributed by atoms with Gasteiger partial charge in [0.15, 0.2) is 0 Å². The number of carboxylic acids is 6. The van der Waals surface area contributed by atoms with Crippen LogP contribution < -0.4 is 0 Å². The van der Waals surface area contributed by atoms with Crippen molar-refractivity contribution in [3.05, 3.63) is 0 Å². The van der Waals surface area contributed by atoms with E-state index in [2.05, 4.69) is 0 Å². The van der Waals surface area contributed by atoms with E-state index in [4.69, 9.17) is 30.6 Å². The first-order valence-corrected chi connectivity index (χ1v) is 14.4. The molecule has 12 nitrogen and oxygen atoms in total. The Morgan fingerprint density at radius 3 is 0.702 bits per heavy atom. The Morgan fingerprint density at radius 2 is 0.638 bits per heavy atom. The number of hydrogen-bond acceptors (Lipinski definition) is 6. The second kappa shape index (κ2) is 17.8. The number of aliphatic carboxylic acids is 6. The molecule has 2 radical (unpaired) electrons. The van der Waals surface area contributed by atoms with Gasteiger partial charge in [0.1, 0.15) is 36.3 Å². The molecule has 6 atom stereocenters. The molecule has 3 aliphatic carbocycles. The zero-order valence-electron chi connectivity index (χ0n) is 27.1. The van der Waals surface area contributed by atoms with Crippen LogP contribution in [-0.2, 0) is 28.8 Å². The number of halogens is 3. The zero-order chi connectivity index (χ0) is 35.6. The fourth-order valence-corrected chi connectivity index (χ4v) is 7.55. The molecule has 3 saturated carbocycles. The van der Waals surface area contributed by atoms with E-state index >= 15 is 0 Å². The van der Waals surface area contributed by atoms with Crippen LogP contribution in [0.3, 0.4) is 0 Å². The van der Waals surface area contributed by atoms with Crippen LogP contribution in [0.5, 0.6) is 0 Å². The summed E-state index contributed by atoms with van der Waals surface area (Å²) in [5, 5.41) is 54.0. The van der Waals surface area contributed by atoms with Crippen molar-refractivity contribution < 1.29 is 171 Å². The van der Waals surface area contributed by atoms with Crippen molar-refractivity contribution in [1.82, 2.24) is 0 Å². The summed E-state index contributed by atoms with van der Waals surface area (Å²) in [4.78, 5) is 66.1. The molecular formula is C30H45Eu2F3O12. The van der Waals surface area contributed by atoms with Crippen LogP contribution in [0.15, 0.2) is 0 Å². The van der Waals surface area contributed by atoms with Crippen LogP contribution in [0, 0.1) is 149 Å². The predicted molar refractivity (Wildman–Crippen MR) is 151 cm³/mol. The number of carbonyl (C=O) groups is 6. The summed E-state index contributed by atoms with van der Waals surface area (Å²) in [5.74, 6) is -9.21. The van der Waals surface area contributed by atoms with Crippen LogP contribution in [0.4, 0.5) is 13.2 Å². The van der Waals surface area contributed by atoms with Gasteiger partial charge in [0.05, 0.1) is 17.8 Å². The van der Waals surface area contributed by atoms with Gasteiger partial charge in [0, 0.05) is 98.8 Å². The van der Waals surface area contributed by atoms with Gasteiger partial charge in [-0.15, -0.1) is 0 Å². The van der Waals surface area contributed by atoms with Crippen molar-refractivity contribution in [1.29, 1.82) is 0 Å². The molecule has 3 aliphatic rings. The molecule has 0 saturated heterocycles. The third kappa shape index (κ3) is 8.47. The zero-order valence-corrected chi connectivity index (χ0v) is 32.0. The summed E-state index contributed by atoms with van der Waals surface area (Å²) < 4.78 is 38.9. The Balaban J connectivity index is 0. The van der Waals surface area contributed by atoms with Crippen LogP contribution >= 0.6 is 0 Å². The summed E-state index contributed by atoms with van der Waals surface area (Å²) >= 11 is 0. The van der Waals surface area contributed by atoms with Crippen LogP contribution in [-0.4, -0.2) is 86.5 Å². The van der Waals surface area contributed by atoms with Crippen LogP contribution in [0.25, 0.3) is 0 Å². The maximum Gasteiger partial charge on any atom is 0.312 e. The molecule has 272 valence electrons. The fraction of sp³-hybridized carbons (Fsp3) is 0.800. The molecule has 0 spiro atoms. The van der Waals surface area contributed by atoms with Crippen molar-refractivity contribution in [3.63, 3.8) is 0 Å². The largest absolute Gasteiger partial charge is 0.481 e. The molecule has 0 aromatic carbocycles. The Labute approximate surface area is 353 Å². The average molecular weight is 959 g/mol. The summed E-state index contributed by atoms with van der Waals surface area (Å²) in [6.07, 6.45) is 0.921. The van der Waals surface area contributed by atoms with E-state index in [0.717, 1.165) is 0 Å². The number of rotatable bonds is 9. The van der Waals surface area contributed by atoms with E-state index in [-0.39, 0.29) is 137 Å². The van der Waals surface area contributed by atoms with Gasteiger partial charge in [-0.05, 0) is 54.8 Å². The second-order valence-electron chi connectivity index (χ2n) is 14.0. The maximum absolute atomic E-state index is 13.0. The fourth-order valence-electron chi connectivity index (χ4n) is 7.55. The molecule has 6 unspecified atom stereocenters. The van der Waals surface area contributed by atoms with Crippen molar-refractivity contribution in [2.24, 2.45) is 50.2 Å². The number of hydrogen-bond donors (Lipinski definition) is 6. The van der Waals surface area contributed by atoms with Gasteiger partial charge < -0.3 is 30.6 Å². The van der Waals surface area contributed by atoms with Crippen molar-refractivity contribution >= 4 is 35.8 Å². The molecular weight excluding hydrogens is 913 g/mol. The van der Waals surface area contributed by atoms with Gasteiger partial charge in [-0.3, -0.25) is 28.8 Å². The minimum atomic E-state index is -1.55. The van der Waals surface area contributed by atoms with E-state index in [9.17, 15) is 41.9 Å². The van der Waals surface area contributed by atoms with E-state index in [1.165, 1.54) is 41.5 Å². The normalized spacial score (nSPS) is 32.5. The SMILES string of the molecule is CC1(C)C(C(=O)O)CCC1(CF)C(=O)O.CC1(C)C(C(=O)O)CCC1(CF)C(=O)O.CC1(C)C(C(=O)O)CCC1(CF)C(=O)O.[Eu].[Eu]. The van der Waals surface area contributed by atoms with Gasteiger partial charge in [0.25, 0.3) is 0 Å². The maximum atomic E-state index is 13.0. The minimum Gasteiger partial charge on any atom is -0.481 e. The van der Waals surface area contributed by atoms with Crippen molar-refractivity contribution in [2.75, 3.05) is 20.0 Å². The summed E-state index contributed by atoms with van der Waals surface area (Å²) in [6.45, 7) is 6.08. The molecule has 0 heterocycles. The smallest absolute Gasteiger partial charge is 0.312 e. The molecule has 0 aromatic rings. The van der Waals surface area contributed by atoms with Gasteiger partial charge in [-0.2, -0.15) is 0 Å². The standard InChI is InChI=1S/3C10H15FO4.2Eu/c3*1-9(2)6(7(12)13)3-4-10(9,5-11)8(14)15;;/h3*6H,3-5H2,1-2H3,(H,12,13)(H,14,15);;. The van der Waals surface area contributed by atoms with E-state index in [1.54, 1.807) is 0 Å². The second-order valence-corrected chi connectivity index (χ2v) is 14.0. The molecule has 0 amide bonds. The Hall–Kier alpha value is -0.221. The minimum absolute atomic E-state index is 0. The molecule has 17 heteroatoms. The average Bonchev–Trinajstić information content (AvgIpc) is 3.47. The van der Waals surface area contributed by atoms with Gasteiger partial charge >= 0.3 is 35.8 Å². The monoisotopic (exact) mass is 960 g/mol. The summed E-state index contributed by atoms with van der Waals surface area (Å²) in [5.41, 5.74) is -7.81. The third-order valence-corrected chi connectivity index (χ3v) is 11.7. The Bertz CT molecular complexity index is 1050. The molecule has 3 fully saturated rings. The van der Waals surface area contributed by atoms with E-state index in [1.807, 2.05) is 0 Å². The molecule has 0 aromatic heterocycles. The molecule has 3 rings (SSSR count). The van der Waals surface area contributed by atoms with Crippen molar-refractivity contribution in [2.45, 2.75) is 80.1 Å². The number of carboxylic acid groups (broad SMARTS) is 6. The quantitative estimate of drug-likeness (QED) is 0.186. The predicted octanol–water partition coefficient (Wildman–Crippen LogP) is 4.64. The van der Waals surface area contributed by atoms with E-state index in [0.29, 0.717) is 0 Å². The van der Waals surface area contributed by atoms with Crippen molar-refractivity contribution in [3.8, 4) is 0 Å². The number of alkyl halides is 3.